The van der Waals surface area contributed by atoms with Gasteiger partial charge in [-0.1, -0.05) is 5.18 Å². The van der Waals surface area contributed by atoms with E-state index in [1.54, 1.807) is 14.0 Å². The van der Waals surface area contributed by atoms with Crippen molar-refractivity contribution in [2.24, 2.45) is 33.9 Å². The molecule has 15 nitrogen and oxygen atoms in total. The molecule has 1 amide bonds. The zero-order chi connectivity index (χ0) is 31.6. The number of nitrogens with one attached hydrogen (secondary N) is 4. The Hall–Kier alpha value is -1.79. The number of hydrogen-bond acceptors (Lipinski definition) is 14. The van der Waals surface area contributed by atoms with Gasteiger partial charge in [-0.15, -0.1) is 0 Å². The zero-order valence-electron chi connectivity index (χ0n) is 25.7. The summed E-state index contributed by atoms with van der Waals surface area (Å²) in [6, 6.07) is -2.14. The maximum Gasteiger partial charge on any atom is 0.249 e. The minimum absolute atomic E-state index is 0.127. The summed E-state index contributed by atoms with van der Waals surface area (Å²) in [7, 11) is 1.60. The molecule has 0 spiro atoms. The average Bonchev–Trinajstić information content (AvgIpc) is 3.76. The number of carbonyl (C=O) groups excluding carboxylic acids is 1. The summed E-state index contributed by atoms with van der Waals surface area (Å²) in [5, 5.41) is 49.0. The molecular formula is C29H51N7O8. The van der Waals surface area contributed by atoms with Crippen LogP contribution in [0.2, 0.25) is 0 Å². The molecule has 0 bridgehead atoms. The summed E-state index contributed by atoms with van der Waals surface area (Å²) in [6.07, 6.45) is -0.559. The number of amides is 1. The van der Waals surface area contributed by atoms with E-state index in [-0.39, 0.29) is 24.4 Å². The van der Waals surface area contributed by atoms with Crippen LogP contribution in [0, 0.1) is 22.2 Å². The van der Waals surface area contributed by atoms with Gasteiger partial charge < -0.3 is 62.3 Å². The lowest BCUT2D eigenvalue weighted by Gasteiger charge is -2.49. The molecule has 0 radical (unpaired) electrons. The number of aliphatic hydroxyl groups excluding tert-OH is 3. The molecule has 2 aliphatic carbocycles. The molecule has 4 fully saturated rings. The lowest BCUT2D eigenvalue weighted by molar-refractivity contribution is -0.278. The number of allylic oxidation sites excluding steroid dienone is 1. The maximum atomic E-state index is 13.1. The van der Waals surface area contributed by atoms with Gasteiger partial charge in [0.05, 0.1) is 31.3 Å². The Morgan fingerprint density at radius 1 is 1.30 bits per heavy atom. The Morgan fingerprint density at radius 3 is 2.66 bits per heavy atom. The van der Waals surface area contributed by atoms with Gasteiger partial charge in [0.2, 0.25) is 5.91 Å². The molecule has 3 heterocycles. The summed E-state index contributed by atoms with van der Waals surface area (Å²) in [5.41, 5.74) is 11.5. The quantitative estimate of drug-likeness (QED) is 0.0954. The van der Waals surface area contributed by atoms with Crippen molar-refractivity contribution < 1.29 is 34.3 Å². The molecule has 0 aromatic carbocycles. The smallest absolute Gasteiger partial charge is 0.249 e. The number of carbonyl (C=O) groups is 1. The van der Waals surface area contributed by atoms with Gasteiger partial charge in [-0.3, -0.25) is 4.79 Å². The van der Waals surface area contributed by atoms with Crippen molar-refractivity contribution in [3.63, 3.8) is 0 Å². The molecule has 5 aliphatic rings. The van der Waals surface area contributed by atoms with Crippen molar-refractivity contribution >= 4 is 5.91 Å². The SMILES string of the molecule is CN[C@@H]1[C@@H](O)[C@@H](O[C@H]2[C@H](NC(=O)C(O)C3CNC3)C[C@H](N)C([C@@H]3CCC=C(CNCC4(CN)CC4)O3)[C@@H]2O)OC[C@]1(C)N=O. The molecular weight excluding hydrogens is 574 g/mol. The molecule has 3 aliphatic heterocycles. The number of nitroso groups, excluding NO2 is 1. The minimum atomic E-state index is -1.31. The van der Waals surface area contributed by atoms with Gasteiger partial charge in [0.15, 0.2) is 6.29 Å². The van der Waals surface area contributed by atoms with Gasteiger partial charge >= 0.3 is 0 Å². The van der Waals surface area contributed by atoms with Gasteiger partial charge in [0.25, 0.3) is 0 Å². The highest BCUT2D eigenvalue weighted by Gasteiger charge is 2.53. The lowest BCUT2D eigenvalue weighted by Crippen LogP contribution is -2.68. The fourth-order valence-electron chi connectivity index (χ4n) is 7.10. The van der Waals surface area contributed by atoms with Gasteiger partial charge in [0.1, 0.15) is 35.7 Å². The highest BCUT2D eigenvalue weighted by atomic mass is 16.7. The Labute approximate surface area is 258 Å². The van der Waals surface area contributed by atoms with E-state index in [1.165, 1.54) is 0 Å². The first-order valence-electron chi connectivity index (χ1n) is 15.9. The first-order valence-corrected chi connectivity index (χ1v) is 15.9. The third kappa shape index (κ3) is 6.97. The second kappa shape index (κ2) is 13.9. The van der Waals surface area contributed by atoms with E-state index >= 15 is 0 Å². The van der Waals surface area contributed by atoms with Crippen molar-refractivity contribution in [1.29, 1.82) is 0 Å². The number of rotatable bonds is 13. The molecule has 2 saturated heterocycles. The van der Waals surface area contributed by atoms with Gasteiger partial charge in [-0.2, -0.15) is 4.91 Å². The van der Waals surface area contributed by atoms with E-state index in [0.29, 0.717) is 32.6 Å². The highest BCUT2D eigenvalue weighted by molar-refractivity contribution is 5.81. The first kappa shape index (κ1) is 33.6. The number of ether oxygens (including phenoxy) is 3. The van der Waals surface area contributed by atoms with Crippen molar-refractivity contribution in [1.82, 2.24) is 21.3 Å². The standard InChI is InChI=1S/C29H51N7O8/c1-28(36-41)14-42-27(23(39)25(28)32-2)44-24-18(35-26(40)21(37)15-9-33-10-15)8-17(31)20(22(24)38)19-5-3-4-16(43-19)11-34-13-29(12-30)6-7-29/h4,15,17-25,27,32-34,37-39H,3,5-14,30-31H2,1-2H3,(H,35,40)/t17-,18+,19-,20?,21?,22-,23+,24-,25+,27+,28-/m0/s1. The van der Waals surface area contributed by atoms with Crippen LogP contribution in [0.5, 0.6) is 0 Å². The Kier molecular flexibility index (Phi) is 10.6. The summed E-state index contributed by atoms with van der Waals surface area (Å²) in [5.74, 6) is -0.576. The van der Waals surface area contributed by atoms with E-state index in [4.69, 9.17) is 25.7 Å². The lowest BCUT2D eigenvalue weighted by atomic mass is 9.73. The molecule has 0 aromatic heterocycles. The number of aliphatic hydroxyl groups is 3. The monoisotopic (exact) mass is 625 g/mol. The van der Waals surface area contributed by atoms with Gasteiger partial charge in [0, 0.05) is 37.5 Å². The number of nitrogens with zero attached hydrogens (tertiary/aromatic N) is 1. The topological polar surface area (TPSA) is 235 Å². The third-order valence-corrected chi connectivity index (χ3v) is 10.4. The molecule has 0 aromatic rings. The Morgan fingerprint density at radius 2 is 2.05 bits per heavy atom. The van der Waals surface area contributed by atoms with E-state index in [9.17, 15) is 25.0 Å². The molecule has 2 unspecified atom stereocenters. The fraction of sp³-hybridized carbons (Fsp3) is 0.897. The van der Waals surface area contributed by atoms with Crippen molar-refractivity contribution in [2.45, 2.75) is 99.5 Å². The molecule has 11 atom stereocenters. The maximum absolute atomic E-state index is 13.1. The molecule has 44 heavy (non-hydrogen) atoms. The van der Waals surface area contributed by atoms with Crippen LogP contribution in [0.3, 0.4) is 0 Å². The zero-order valence-corrected chi connectivity index (χ0v) is 25.7. The van der Waals surface area contributed by atoms with Gasteiger partial charge in [-0.05, 0) is 64.1 Å². The van der Waals surface area contributed by atoms with E-state index < -0.39 is 72.3 Å². The number of nitrogens with two attached hydrogens (primary N) is 2. The Balaban J connectivity index is 1.30. The second-order valence-electron chi connectivity index (χ2n) is 13.6. The number of hydrogen-bond donors (Lipinski definition) is 9. The summed E-state index contributed by atoms with van der Waals surface area (Å²) >= 11 is 0. The summed E-state index contributed by atoms with van der Waals surface area (Å²) < 4.78 is 18.4. The molecule has 11 N–H and O–H groups in total. The minimum Gasteiger partial charge on any atom is -0.493 e. The Bertz CT molecular complexity index is 1050. The van der Waals surface area contributed by atoms with Crippen molar-refractivity contribution in [2.75, 3.05) is 46.4 Å². The summed E-state index contributed by atoms with van der Waals surface area (Å²) in [6.45, 7) is 4.51. The van der Waals surface area contributed by atoms with Crippen LogP contribution in [0.4, 0.5) is 0 Å². The fourth-order valence-corrected chi connectivity index (χ4v) is 7.10. The van der Waals surface area contributed by atoms with Crippen molar-refractivity contribution in [3.8, 4) is 0 Å². The van der Waals surface area contributed by atoms with Crippen LogP contribution < -0.4 is 32.7 Å². The summed E-state index contributed by atoms with van der Waals surface area (Å²) in [4.78, 5) is 24.7. The average molecular weight is 626 g/mol. The second-order valence-corrected chi connectivity index (χ2v) is 13.6. The largest absolute Gasteiger partial charge is 0.493 e. The van der Waals surface area contributed by atoms with Crippen LogP contribution in [0.25, 0.3) is 0 Å². The van der Waals surface area contributed by atoms with Crippen LogP contribution in [0.15, 0.2) is 17.0 Å². The predicted octanol–water partition coefficient (Wildman–Crippen LogP) is -2.63. The highest BCUT2D eigenvalue weighted by Crippen LogP contribution is 2.44. The van der Waals surface area contributed by atoms with Crippen LogP contribution in [-0.4, -0.2) is 128 Å². The third-order valence-electron chi connectivity index (χ3n) is 10.4. The van der Waals surface area contributed by atoms with Gasteiger partial charge in [-0.25, -0.2) is 0 Å². The predicted molar refractivity (Wildman–Crippen MR) is 160 cm³/mol. The molecule has 15 heteroatoms. The van der Waals surface area contributed by atoms with Crippen LogP contribution in [-0.2, 0) is 19.0 Å². The molecule has 250 valence electrons. The van der Waals surface area contributed by atoms with Crippen LogP contribution >= 0.6 is 0 Å². The molecule has 2 saturated carbocycles. The van der Waals surface area contributed by atoms with E-state index in [0.717, 1.165) is 31.6 Å². The number of likely N-dealkylation sites (N-methyl/N-ethyl adjacent to an activating group) is 1. The first-order chi connectivity index (χ1) is 21.0. The normalized spacial score (nSPS) is 41.1. The van der Waals surface area contributed by atoms with E-state index in [1.807, 2.05) is 6.08 Å². The van der Waals surface area contributed by atoms with E-state index in [2.05, 4.69) is 26.4 Å². The van der Waals surface area contributed by atoms with Crippen molar-refractivity contribution in [3.05, 3.63) is 16.7 Å². The molecule has 5 rings (SSSR count). The van der Waals surface area contributed by atoms with Crippen LogP contribution in [0.1, 0.15) is 39.0 Å².